The molecule has 0 atom stereocenters. The number of aromatic nitrogens is 4. The molecule has 1 aliphatic heterocycles. The highest BCUT2D eigenvalue weighted by Gasteiger charge is 2.22. The van der Waals surface area contributed by atoms with Crippen LogP contribution in [0.3, 0.4) is 0 Å². The van der Waals surface area contributed by atoms with E-state index in [4.69, 9.17) is 0 Å². The van der Waals surface area contributed by atoms with Gasteiger partial charge in [0.05, 0.1) is 17.6 Å². The van der Waals surface area contributed by atoms with E-state index in [-0.39, 0.29) is 5.75 Å². The van der Waals surface area contributed by atoms with Crippen LogP contribution in [0.2, 0.25) is 0 Å². The molecular formula is C24H22N6O2S2. The molecule has 1 fully saturated rings. The van der Waals surface area contributed by atoms with E-state index in [2.05, 4.69) is 29.7 Å². The van der Waals surface area contributed by atoms with E-state index in [0.29, 0.717) is 4.21 Å². The molecule has 34 heavy (non-hydrogen) atoms. The Labute approximate surface area is 200 Å². The number of piperazine rings is 1. The van der Waals surface area contributed by atoms with Crippen LogP contribution < -0.4 is 9.80 Å². The van der Waals surface area contributed by atoms with Gasteiger partial charge >= 0.3 is 0 Å². The fourth-order valence-electron chi connectivity index (χ4n) is 4.56. The van der Waals surface area contributed by atoms with Gasteiger partial charge in [-0.3, -0.25) is 4.98 Å². The Morgan fingerprint density at radius 1 is 0.971 bits per heavy atom. The quantitative estimate of drug-likeness (QED) is 0.400. The van der Waals surface area contributed by atoms with E-state index in [1.54, 1.807) is 36.1 Å². The lowest BCUT2D eigenvalue weighted by Gasteiger charge is -2.36. The van der Waals surface area contributed by atoms with Crippen LogP contribution in [-0.4, -0.2) is 54.5 Å². The van der Waals surface area contributed by atoms with Gasteiger partial charge in [0, 0.05) is 61.1 Å². The first-order valence-corrected chi connectivity index (χ1v) is 13.5. The van der Waals surface area contributed by atoms with E-state index in [1.807, 2.05) is 30.5 Å². The molecule has 1 aliphatic rings. The van der Waals surface area contributed by atoms with Crippen molar-refractivity contribution in [1.29, 1.82) is 0 Å². The maximum absolute atomic E-state index is 12.8. The Morgan fingerprint density at radius 2 is 1.82 bits per heavy atom. The largest absolute Gasteiger partial charge is 0.367 e. The van der Waals surface area contributed by atoms with Gasteiger partial charge in [-0.05, 0) is 35.2 Å². The number of rotatable bonds is 5. The molecule has 0 aliphatic carbocycles. The number of sulfone groups is 1. The third-order valence-corrected chi connectivity index (χ3v) is 9.36. The number of aromatic amines is 1. The Bertz CT molecular complexity index is 1560. The van der Waals surface area contributed by atoms with Crippen molar-refractivity contribution in [2.75, 3.05) is 36.0 Å². The van der Waals surface area contributed by atoms with Gasteiger partial charge in [0.15, 0.2) is 9.84 Å². The van der Waals surface area contributed by atoms with Gasteiger partial charge in [-0.15, -0.1) is 11.3 Å². The predicted octanol–water partition coefficient (Wildman–Crippen LogP) is 3.87. The fourth-order valence-corrected chi connectivity index (χ4v) is 6.99. The summed E-state index contributed by atoms with van der Waals surface area (Å²) in [4.78, 5) is 21.2. The molecule has 0 amide bonds. The Kier molecular flexibility index (Phi) is 5.19. The molecule has 4 aromatic heterocycles. The number of nitrogens with zero attached hydrogens (tertiary/aromatic N) is 5. The minimum atomic E-state index is -3.37. The van der Waals surface area contributed by atoms with Crippen LogP contribution in [0.15, 0.2) is 70.8 Å². The highest BCUT2D eigenvalue weighted by Crippen LogP contribution is 2.34. The monoisotopic (exact) mass is 490 g/mol. The number of thiophene rings is 1. The molecular weight excluding hydrogens is 468 g/mol. The van der Waals surface area contributed by atoms with E-state index >= 15 is 0 Å². The predicted molar refractivity (Wildman–Crippen MR) is 135 cm³/mol. The van der Waals surface area contributed by atoms with Crippen molar-refractivity contribution in [3.05, 3.63) is 72.1 Å². The number of hydrogen-bond donors (Lipinski definition) is 1. The highest BCUT2D eigenvalue weighted by atomic mass is 32.2. The Balaban J connectivity index is 1.33. The molecule has 8 nitrogen and oxygen atoms in total. The minimum absolute atomic E-state index is 0.0253. The number of benzene rings is 1. The summed E-state index contributed by atoms with van der Waals surface area (Å²) in [6, 6.07) is 11.3. The molecule has 0 radical (unpaired) electrons. The summed E-state index contributed by atoms with van der Waals surface area (Å²) in [5.74, 6) is 0.869. The first-order chi connectivity index (χ1) is 16.6. The molecule has 5 aromatic rings. The van der Waals surface area contributed by atoms with Crippen molar-refractivity contribution in [3.63, 3.8) is 0 Å². The van der Waals surface area contributed by atoms with Crippen molar-refractivity contribution >= 4 is 54.6 Å². The van der Waals surface area contributed by atoms with Crippen LogP contribution in [0.25, 0.3) is 21.9 Å². The van der Waals surface area contributed by atoms with Crippen molar-refractivity contribution < 1.29 is 8.42 Å². The van der Waals surface area contributed by atoms with E-state index < -0.39 is 9.84 Å². The zero-order valence-corrected chi connectivity index (χ0v) is 19.9. The zero-order chi connectivity index (χ0) is 23.1. The second kappa shape index (κ2) is 8.37. The summed E-state index contributed by atoms with van der Waals surface area (Å²) in [5, 5.41) is 3.81. The van der Waals surface area contributed by atoms with Crippen molar-refractivity contribution in [1.82, 2.24) is 19.9 Å². The van der Waals surface area contributed by atoms with Gasteiger partial charge in [0.1, 0.15) is 15.7 Å². The molecule has 5 heterocycles. The lowest BCUT2D eigenvalue weighted by molar-refractivity contribution is 0.597. The van der Waals surface area contributed by atoms with Crippen molar-refractivity contribution in [3.8, 4) is 0 Å². The van der Waals surface area contributed by atoms with Crippen LogP contribution in [-0.2, 0) is 15.6 Å². The standard InChI is InChI=1S/C24H22N6O2S2/c31-34(32,22-2-1-13-33-22)16-17-3-4-19-18(14-17)23-20(5-6-27-24(23)28-19)29-9-11-30(12-10-29)21-15-25-7-8-26-21/h1-8,13-15H,9-12,16H2,(H,27,28). The summed E-state index contributed by atoms with van der Waals surface area (Å²) in [6.45, 7) is 3.37. The third-order valence-electron chi connectivity index (χ3n) is 6.19. The van der Waals surface area contributed by atoms with Crippen molar-refractivity contribution in [2.45, 2.75) is 9.96 Å². The highest BCUT2D eigenvalue weighted by molar-refractivity contribution is 7.92. The fraction of sp³-hybridized carbons (Fsp3) is 0.208. The third kappa shape index (κ3) is 3.78. The summed E-state index contributed by atoms with van der Waals surface area (Å²) in [6.07, 6.45) is 7.02. The Hall–Kier alpha value is -3.50. The summed E-state index contributed by atoms with van der Waals surface area (Å²) in [5.41, 5.74) is 3.63. The second-order valence-electron chi connectivity index (χ2n) is 8.29. The Morgan fingerprint density at radius 3 is 2.59 bits per heavy atom. The van der Waals surface area contributed by atoms with E-state index in [1.165, 1.54) is 11.3 Å². The van der Waals surface area contributed by atoms with Crippen molar-refractivity contribution in [2.24, 2.45) is 0 Å². The van der Waals surface area contributed by atoms with Gasteiger partial charge in [0.25, 0.3) is 0 Å². The van der Waals surface area contributed by atoms with Crippen LogP contribution in [0, 0.1) is 0 Å². The summed E-state index contributed by atoms with van der Waals surface area (Å²) >= 11 is 1.25. The molecule has 0 bridgehead atoms. The van der Waals surface area contributed by atoms with Crippen LogP contribution >= 0.6 is 11.3 Å². The first-order valence-electron chi connectivity index (χ1n) is 11.0. The number of fused-ring (bicyclic) bond motifs is 3. The number of anilines is 2. The maximum atomic E-state index is 12.8. The average Bonchev–Trinajstić information content (AvgIpc) is 3.53. The number of pyridine rings is 1. The molecule has 172 valence electrons. The molecule has 0 unspecified atom stereocenters. The number of hydrogen-bond acceptors (Lipinski definition) is 8. The lowest BCUT2D eigenvalue weighted by Crippen LogP contribution is -2.46. The topological polar surface area (TPSA) is 95.1 Å². The number of H-pyrrole nitrogens is 1. The molecule has 10 heteroatoms. The van der Waals surface area contributed by atoms with Gasteiger partial charge in [0.2, 0.25) is 0 Å². The molecule has 0 spiro atoms. The molecule has 1 aromatic carbocycles. The van der Waals surface area contributed by atoms with Gasteiger partial charge in [-0.1, -0.05) is 12.1 Å². The van der Waals surface area contributed by atoms with Crippen LogP contribution in [0.1, 0.15) is 5.56 Å². The average molecular weight is 491 g/mol. The summed E-state index contributed by atoms with van der Waals surface area (Å²) < 4.78 is 26.1. The lowest BCUT2D eigenvalue weighted by atomic mass is 10.1. The molecule has 1 N–H and O–H groups in total. The SMILES string of the molecule is O=S(=O)(Cc1ccc2[nH]c3nccc(N4CCN(c5cnccn5)CC4)c3c2c1)c1cccs1. The minimum Gasteiger partial charge on any atom is -0.367 e. The normalized spacial score (nSPS) is 14.8. The van der Waals surface area contributed by atoms with E-state index in [0.717, 1.165) is 65.2 Å². The molecule has 6 rings (SSSR count). The summed E-state index contributed by atoms with van der Waals surface area (Å²) in [7, 11) is -3.37. The van der Waals surface area contributed by atoms with Gasteiger partial charge in [-0.2, -0.15) is 0 Å². The van der Waals surface area contributed by atoms with Crippen LogP contribution in [0.4, 0.5) is 11.5 Å². The second-order valence-corrected chi connectivity index (χ2v) is 11.5. The van der Waals surface area contributed by atoms with E-state index in [9.17, 15) is 8.42 Å². The number of nitrogens with one attached hydrogen (secondary N) is 1. The smallest absolute Gasteiger partial charge is 0.191 e. The molecule has 1 saturated heterocycles. The van der Waals surface area contributed by atoms with Crippen LogP contribution in [0.5, 0.6) is 0 Å². The molecule has 0 saturated carbocycles. The van der Waals surface area contributed by atoms with Gasteiger partial charge < -0.3 is 14.8 Å². The van der Waals surface area contributed by atoms with Gasteiger partial charge in [-0.25, -0.2) is 18.4 Å². The zero-order valence-electron chi connectivity index (χ0n) is 18.3. The first kappa shape index (κ1) is 21.1. The maximum Gasteiger partial charge on any atom is 0.191 e.